The first kappa shape index (κ1) is 15.8. The Labute approximate surface area is 98.6 Å². The van der Waals surface area contributed by atoms with Gasteiger partial charge in [0.25, 0.3) is 0 Å². The van der Waals surface area contributed by atoms with Gasteiger partial charge >= 0.3 is 0 Å². The fraction of sp³-hybridized carbons (Fsp3) is 1.00. The Morgan fingerprint density at radius 2 is 1.69 bits per heavy atom. The predicted octanol–water partition coefficient (Wildman–Crippen LogP) is 0.362. The summed E-state index contributed by atoms with van der Waals surface area (Å²) < 4.78 is 32.7. The van der Waals surface area contributed by atoms with Crippen molar-refractivity contribution in [2.75, 3.05) is 45.4 Å². The van der Waals surface area contributed by atoms with Crippen LogP contribution in [0.5, 0.6) is 0 Å². The van der Waals surface area contributed by atoms with E-state index in [4.69, 9.17) is 9.47 Å². The average molecular weight is 253 g/mol. The summed E-state index contributed by atoms with van der Waals surface area (Å²) in [6.07, 6.45) is 0.961. The van der Waals surface area contributed by atoms with Gasteiger partial charge in [-0.25, -0.2) is 8.42 Å². The largest absolute Gasteiger partial charge is 0.352 e. The summed E-state index contributed by atoms with van der Waals surface area (Å²) in [7, 11) is -1.05. The second-order valence-corrected chi connectivity index (χ2v) is 5.99. The van der Waals surface area contributed by atoms with Crippen LogP contribution in [0.2, 0.25) is 0 Å². The highest BCUT2D eigenvalue weighted by atomic mass is 32.2. The molecule has 0 aromatic rings. The number of hydrogen-bond acceptors (Lipinski definition) is 5. The lowest BCUT2D eigenvalue weighted by molar-refractivity contribution is -0.144. The second kappa shape index (κ2) is 8.00. The third kappa shape index (κ3) is 9.08. The SMILES string of the molecule is CCOC(CN(C)CCS(C)(=O)=O)OCC. The molecular formula is C10H23NO4S. The van der Waals surface area contributed by atoms with E-state index in [9.17, 15) is 8.42 Å². The van der Waals surface area contributed by atoms with E-state index in [1.807, 2.05) is 25.8 Å². The van der Waals surface area contributed by atoms with Gasteiger partial charge in [-0.3, -0.25) is 0 Å². The zero-order chi connectivity index (χ0) is 12.6. The fourth-order valence-corrected chi connectivity index (χ4v) is 1.84. The van der Waals surface area contributed by atoms with Crippen LogP contribution in [0.4, 0.5) is 0 Å². The van der Waals surface area contributed by atoms with Gasteiger partial charge in [0.05, 0.1) is 5.75 Å². The molecule has 16 heavy (non-hydrogen) atoms. The highest BCUT2D eigenvalue weighted by Gasteiger charge is 2.12. The molecule has 0 aliphatic rings. The quantitative estimate of drug-likeness (QED) is 0.555. The molecule has 0 aliphatic carbocycles. The predicted molar refractivity (Wildman–Crippen MR) is 64.2 cm³/mol. The van der Waals surface area contributed by atoms with Gasteiger partial charge in [-0.2, -0.15) is 0 Å². The molecule has 0 spiro atoms. The maximum atomic E-state index is 11.0. The lowest BCUT2D eigenvalue weighted by atomic mass is 10.5. The van der Waals surface area contributed by atoms with Gasteiger partial charge in [-0.1, -0.05) is 0 Å². The van der Waals surface area contributed by atoms with Gasteiger partial charge < -0.3 is 14.4 Å². The van der Waals surface area contributed by atoms with Gasteiger partial charge in [0.2, 0.25) is 0 Å². The molecule has 98 valence electrons. The van der Waals surface area contributed by atoms with Crippen LogP contribution in [0.3, 0.4) is 0 Å². The number of nitrogens with zero attached hydrogens (tertiary/aromatic N) is 1. The van der Waals surface area contributed by atoms with Gasteiger partial charge in [-0.05, 0) is 20.9 Å². The highest BCUT2D eigenvalue weighted by molar-refractivity contribution is 7.90. The Balaban J connectivity index is 3.94. The van der Waals surface area contributed by atoms with Crippen molar-refractivity contribution >= 4 is 9.84 Å². The first-order valence-electron chi connectivity index (χ1n) is 5.48. The number of ether oxygens (including phenoxy) is 2. The minimum atomic E-state index is -2.90. The van der Waals surface area contributed by atoms with E-state index < -0.39 is 9.84 Å². The normalized spacial score (nSPS) is 12.6. The van der Waals surface area contributed by atoms with E-state index in [0.29, 0.717) is 26.3 Å². The Morgan fingerprint density at radius 1 is 1.19 bits per heavy atom. The maximum Gasteiger partial charge on any atom is 0.170 e. The molecular weight excluding hydrogens is 230 g/mol. The summed E-state index contributed by atoms with van der Waals surface area (Å²) in [4.78, 5) is 1.90. The van der Waals surface area contributed by atoms with Gasteiger partial charge in [0.1, 0.15) is 9.84 Å². The molecule has 0 unspecified atom stereocenters. The summed E-state index contributed by atoms with van der Waals surface area (Å²) in [6.45, 7) is 6.06. The molecule has 6 heteroatoms. The van der Waals surface area contributed by atoms with Crippen LogP contribution in [-0.4, -0.2) is 65.0 Å². The van der Waals surface area contributed by atoms with Crippen molar-refractivity contribution < 1.29 is 17.9 Å². The topological polar surface area (TPSA) is 55.8 Å². The van der Waals surface area contributed by atoms with E-state index in [0.717, 1.165) is 0 Å². The van der Waals surface area contributed by atoms with E-state index in [1.165, 1.54) is 6.26 Å². The third-order valence-electron chi connectivity index (χ3n) is 2.01. The molecule has 0 bridgehead atoms. The highest BCUT2D eigenvalue weighted by Crippen LogP contribution is 1.98. The van der Waals surface area contributed by atoms with E-state index in [-0.39, 0.29) is 12.0 Å². The summed E-state index contributed by atoms with van der Waals surface area (Å²) >= 11 is 0. The lowest BCUT2D eigenvalue weighted by Gasteiger charge is -2.23. The zero-order valence-electron chi connectivity index (χ0n) is 10.6. The molecule has 0 N–H and O–H groups in total. The van der Waals surface area contributed by atoms with Crippen LogP contribution in [-0.2, 0) is 19.3 Å². The smallest absolute Gasteiger partial charge is 0.170 e. The Bertz CT molecular complexity index is 260. The molecule has 5 nitrogen and oxygen atoms in total. The standard InChI is InChI=1S/C10H23NO4S/c1-5-14-10(15-6-2)9-11(3)7-8-16(4,12)13/h10H,5-9H2,1-4H3. The molecule has 0 rings (SSSR count). The minimum absolute atomic E-state index is 0.161. The summed E-state index contributed by atoms with van der Waals surface area (Å²) in [5.41, 5.74) is 0. The summed E-state index contributed by atoms with van der Waals surface area (Å²) in [5, 5.41) is 0. The lowest BCUT2D eigenvalue weighted by Crippen LogP contribution is -2.35. The first-order valence-corrected chi connectivity index (χ1v) is 7.54. The van der Waals surface area contributed by atoms with Crippen LogP contribution >= 0.6 is 0 Å². The number of rotatable bonds is 9. The molecule has 0 aliphatic heterocycles. The number of sulfone groups is 1. The van der Waals surface area contributed by atoms with Crippen molar-refractivity contribution in [3.63, 3.8) is 0 Å². The number of hydrogen-bond donors (Lipinski definition) is 0. The third-order valence-corrected chi connectivity index (χ3v) is 2.93. The molecule has 0 radical (unpaired) electrons. The molecule has 0 saturated carbocycles. The van der Waals surface area contributed by atoms with Crippen molar-refractivity contribution in [2.24, 2.45) is 0 Å². The Kier molecular flexibility index (Phi) is 7.91. The second-order valence-electron chi connectivity index (χ2n) is 3.73. The van der Waals surface area contributed by atoms with Gasteiger partial charge in [0.15, 0.2) is 6.29 Å². The van der Waals surface area contributed by atoms with E-state index in [1.54, 1.807) is 0 Å². The monoisotopic (exact) mass is 253 g/mol. The zero-order valence-corrected chi connectivity index (χ0v) is 11.4. The molecule has 0 heterocycles. The fourth-order valence-electron chi connectivity index (χ4n) is 1.19. The van der Waals surface area contributed by atoms with Crippen LogP contribution in [0, 0.1) is 0 Å². The van der Waals surface area contributed by atoms with Crippen LogP contribution in [0.25, 0.3) is 0 Å². The van der Waals surface area contributed by atoms with Crippen molar-refractivity contribution in [1.82, 2.24) is 4.90 Å². The van der Waals surface area contributed by atoms with Crippen LogP contribution < -0.4 is 0 Å². The maximum absolute atomic E-state index is 11.0. The molecule has 0 saturated heterocycles. The van der Waals surface area contributed by atoms with Gasteiger partial charge in [0, 0.05) is 32.6 Å². The average Bonchev–Trinajstić information content (AvgIpc) is 2.14. The van der Waals surface area contributed by atoms with Crippen molar-refractivity contribution in [3.8, 4) is 0 Å². The molecule has 0 aromatic heterocycles. The Hall–Kier alpha value is -0.170. The molecule has 0 atom stereocenters. The first-order chi connectivity index (χ1) is 7.39. The van der Waals surface area contributed by atoms with Crippen molar-refractivity contribution in [1.29, 1.82) is 0 Å². The van der Waals surface area contributed by atoms with Crippen LogP contribution in [0.15, 0.2) is 0 Å². The van der Waals surface area contributed by atoms with Gasteiger partial charge in [-0.15, -0.1) is 0 Å². The number of likely N-dealkylation sites (N-methyl/N-ethyl adjacent to an activating group) is 1. The summed E-state index contributed by atoms with van der Waals surface area (Å²) in [6, 6.07) is 0. The van der Waals surface area contributed by atoms with Crippen LogP contribution in [0.1, 0.15) is 13.8 Å². The Morgan fingerprint density at radius 3 is 2.06 bits per heavy atom. The molecule has 0 aromatic carbocycles. The van der Waals surface area contributed by atoms with Crippen molar-refractivity contribution in [3.05, 3.63) is 0 Å². The summed E-state index contributed by atoms with van der Waals surface area (Å²) in [5.74, 6) is 0.161. The molecule has 0 amide bonds. The minimum Gasteiger partial charge on any atom is -0.352 e. The van der Waals surface area contributed by atoms with Crippen molar-refractivity contribution in [2.45, 2.75) is 20.1 Å². The molecule has 0 fully saturated rings. The van der Waals surface area contributed by atoms with E-state index in [2.05, 4.69) is 0 Å². The van der Waals surface area contributed by atoms with E-state index >= 15 is 0 Å².